The molecule has 1 fully saturated rings. The maximum atomic E-state index is 13.7. The van der Waals surface area contributed by atoms with E-state index in [9.17, 15) is 14.0 Å². The van der Waals surface area contributed by atoms with Gasteiger partial charge >= 0.3 is 0 Å². The van der Waals surface area contributed by atoms with Crippen LogP contribution in [0.15, 0.2) is 42.5 Å². The van der Waals surface area contributed by atoms with Crippen LogP contribution in [-0.4, -0.2) is 31.5 Å². The third-order valence-electron chi connectivity index (χ3n) is 5.23. The fourth-order valence-electron chi connectivity index (χ4n) is 3.70. The lowest BCUT2D eigenvalue weighted by Crippen LogP contribution is -2.41. The lowest BCUT2D eigenvalue weighted by molar-refractivity contribution is -0.120. The third kappa shape index (κ3) is 5.79. The Labute approximate surface area is 170 Å². The van der Waals surface area contributed by atoms with Crippen molar-refractivity contribution in [2.75, 3.05) is 13.7 Å². The minimum absolute atomic E-state index is 0.0666. The van der Waals surface area contributed by atoms with Crippen LogP contribution >= 0.6 is 0 Å². The largest absolute Gasteiger partial charge is 0.496 e. The summed E-state index contributed by atoms with van der Waals surface area (Å²) in [5, 5.41) is 5.68. The molecule has 154 valence electrons. The van der Waals surface area contributed by atoms with Gasteiger partial charge < -0.3 is 15.4 Å². The summed E-state index contributed by atoms with van der Waals surface area (Å²) < 4.78 is 19.0. The smallest absolute Gasteiger partial charge is 0.251 e. The third-order valence-corrected chi connectivity index (χ3v) is 5.23. The predicted molar refractivity (Wildman–Crippen MR) is 110 cm³/mol. The summed E-state index contributed by atoms with van der Waals surface area (Å²) >= 11 is 0. The number of amides is 2. The van der Waals surface area contributed by atoms with Crippen LogP contribution in [0.25, 0.3) is 11.1 Å². The number of hydrogen-bond donors (Lipinski definition) is 2. The Kier molecular flexibility index (Phi) is 7.22. The molecule has 0 saturated heterocycles. The fraction of sp³-hybridized carbons (Fsp3) is 0.391. The molecule has 1 aliphatic rings. The van der Waals surface area contributed by atoms with Crippen LogP contribution < -0.4 is 15.4 Å². The van der Waals surface area contributed by atoms with E-state index in [1.165, 1.54) is 32.1 Å². The number of benzene rings is 2. The van der Waals surface area contributed by atoms with Crippen molar-refractivity contribution in [3.05, 3.63) is 53.8 Å². The molecule has 3 rings (SSSR count). The number of carbonyl (C=O) groups excluding carboxylic acids is 2. The Bertz CT molecular complexity index is 861. The van der Waals surface area contributed by atoms with Crippen molar-refractivity contribution in [2.45, 2.75) is 44.6 Å². The molecule has 2 N–H and O–H groups in total. The van der Waals surface area contributed by atoms with Crippen LogP contribution in [0.5, 0.6) is 5.75 Å². The van der Waals surface area contributed by atoms with Crippen molar-refractivity contribution >= 4 is 11.8 Å². The maximum Gasteiger partial charge on any atom is 0.251 e. The zero-order valence-corrected chi connectivity index (χ0v) is 16.7. The number of halogens is 1. The second kappa shape index (κ2) is 10.0. The van der Waals surface area contributed by atoms with Gasteiger partial charge in [-0.15, -0.1) is 0 Å². The summed E-state index contributed by atoms with van der Waals surface area (Å²) in [6, 6.07) is 11.3. The lowest BCUT2D eigenvalue weighted by Gasteiger charge is -2.16. The molecule has 0 unspecified atom stereocenters. The van der Waals surface area contributed by atoms with E-state index in [2.05, 4.69) is 10.6 Å². The number of carbonyl (C=O) groups is 2. The first-order chi connectivity index (χ1) is 14.1. The van der Waals surface area contributed by atoms with Gasteiger partial charge in [-0.3, -0.25) is 9.59 Å². The summed E-state index contributed by atoms with van der Waals surface area (Å²) in [6.45, 7) is -0.0666. The van der Waals surface area contributed by atoms with Gasteiger partial charge in [0.25, 0.3) is 5.91 Å². The van der Waals surface area contributed by atoms with Crippen LogP contribution in [0.4, 0.5) is 4.39 Å². The molecule has 0 heterocycles. The summed E-state index contributed by atoms with van der Waals surface area (Å²) in [5.74, 6) is -0.385. The standard InChI is InChI=1S/C23H27FN2O3/c1-29-21-12-11-18(24)14-20(21)16-7-6-8-17(13-16)23(28)25-15-22(27)26-19-9-4-2-3-5-10-19/h6-8,11-14,19H,2-5,9-10,15H2,1H3,(H,25,28)(H,26,27). The number of hydrogen-bond acceptors (Lipinski definition) is 3. The average Bonchev–Trinajstić information content (AvgIpc) is 3.00. The van der Waals surface area contributed by atoms with Crippen molar-refractivity contribution < 1.29 is 18.7 Å². The molecule has 2 aromatic rings. The molecule has 1 aliphatic carbocycles. The lowest BCUT2D eigenvalue weighted by atomic mass is 10.0. The normalized spacial score (nSPS) is 14.7. The van der Waals surface area contributed by atoms with Crippen LogP contribution in [0.1, 0.15) is 48.9 Å². The van der Waals surface area contributed by atoms with Crippen molar-refractivity contribution in [3.8, 4) is 16.9 Å². The van der Waals surface area contributed by atoms with E-state index in [1.54, 1.807) is 30.3 Å². The first kappa shape index (κ1) is 20.8. The molecule has 2 amide bonds. The highest BCUT2D eigenvalue weighted by Crippen LogP contribution is 2.31. The molecule has 1 saturated carbocycles. The van der Waals surface area contributed by atoms with E-state index >= 15 is 0 Å². The number of nitrogens with one attached hydrogen (secondary N) is 2. The van der Waals surface area contributed by atoms with E-state index in [-0.39, 0.29) is 30.2 Å². The Balaban J connectivity index is 1.62. The van der Waals surface area contributed by atoms with Gasteiger partial charge in [0.15, 0.2) is 0 Å². The number of rotatable bonds is 6. The van der Waals surface area contributed by atoms with Gasteiger partial charge in [-0.1, -0.05) is 37.8 Å². The zero-order chi connectivity index (χ0) is 20.6. The van der Waals surface area contributed by atoms with Gasteiger partial charge in [0, 0.05) is 17.2 Å². The predicted octanol–water partition coefficient (Wildman–Crippen LogP) is 4.07. The van der Waals surface area contributed by atoms with Gasteiger partial charge in [-0.05, 0) is 48.7 Å². The quantitative estimate of drug-likeness (QED) is 0.721. The molecular weight excluding hydrogens is 371 g/mol. The van der Waals surface area contributed by atoms with Crippen molar-refractivity contribution in [2.24, 2.45) is 0 Å². The number of ether oxygens (including phenoxy) is 1. The molecule has 6 heteroatoms. The van der Waals surface area contributed by atoms with Gasteiger partial charge in [-0.25, -0.2) is 4.39 Å². The molecule has 0 spiro atoms. The van der Waals surface area contributed by atoms with Crippen LogP contribution in [-0.2, 0) is 4.79 Å². The minimum Gasteiger partial charge on any atom is -0.496 e. The highest BCUT2D eigenvalue weighted by Gasteiger charge is 2.16. The van der Waals surface area contributed by atoms with E-state index in [4.69, 9.17) is 4.74 Å². The van der Waals surface area contributed by atoms with Crippen molar-refractivity contribution in [1.82, 2.24) is 10.6 Å². The van der Waals surface area contributed by atoms with Gasteiger partial charge in [-0.2, -0.15) is 0 Å². The summed E-state index contributed by atoms with van der Waals surface area (Å²) in [5.41, 5.74) is 1.63. The molecule has 0 atom stereocenters. The molecule has 0 radical (unpaired) electrons. The highest BCUT2D eigenvalue weighted by molar-refractivity contribution is 5.97. The zero-order valence-electron chi connectivity index (χ0n) is 16.7. The van der Waals surface area contributed by atoms with Gasteiger partial charge in [0.1, 0.15) is 11.6 Å². The average molecular weight is 398 g/mol. The first-order valence-electron chi connectivity index (χ1n) is 10.1. The molecule has 29 heavy (non-hydrogen) atoms. The van der Waals surface area contributed by atoms with Crippen LogP contribution in [0, 0.1) is 5.82 Å². The maximum absolute atomic E-state index is 13.7. The Morgan fingerprint density at radius 2 is 1.83 bits per heavy atom. The topological polar surface area (TPSA) is 67.4 Å². The van der Waals surface area contributed by atoms with Crippen LogP contribution in [0.2, 0.25) is 0 Å². The monoisotopic (exact) mass is 398 g/mol. The van der Waals surface area contributed by atoms with Gasteiger partial charge in [0.2, 0.25) is 5.91 Å². The van der Waals surface area contributed by atoms with Crippen LogP contribution in [0.3, 0.4) is 0 Å². The Morgan fingerprint density at radius 3 is 2.55 bits per heavy atom. The molecule has 5 nitrogen and oxygen atoms in total. The van der Waals surface area contributed by atoms with E-state index in [0.717, 1.165) is 25.7 Å². The van der Waals surface area contributed by atoms with E-state index in [0.29, 0.717) is 22.4 Å². The second-order valence-corrected chi connectivity index (χ2v) is 7.36. The molecule has 2 aromatic carbocycles. The first-order valence-corrected chi connectivity index (χ1v) is 10.1. The van der Waals surface area contributed by atoms with E-state index in [1.807, 2.05) is 0 Å². The van der Waals surface area contributed by atoms with Crippen molar-refractivity contribution in [3.63, 3.8) is 0 Å². The minimum atomic E-state index is -0.383. The SMILES string of the molecule is COc1ccc(F)cc1-c1cccc(C(=O)NCC(=O)NC2CCCCCC2)c1. The molecular formula is C23H27FN2O3. The fourth-order valence-corrected chi connectivity index (χ4v) is 3.70. The van der Waals surface area contributed by atoms with Crippen molar-refractivity contribution in [1.29, 1.82) is 0 Å². The summed E-state index contributed by atoms with van der Waals surface area (Å²) in [7, 11) is 1.51. The molecule has 0 aromatic heterocycles. The Morgan fingerprint density at radius 1 is 1.07 bits per heavy atom. The molecule has 0 aliphatic heterocycles. The molecule has 0 bridgehead atoms. The van der Waals surface area contributed by atoms with E-state index < -0.39 is 0 Å². The summed E-state index contributed by atoms with van der Waals surface area (Å²) in [4.78, 5) is 24.7. The number of methoxy groups -OCH3 is 1. The second-order valence-electron chi connectivity index (χ2n) is 7.36. The highest BCUT2D eigenvalue weighted by atomic mass is 19.1. The van der Waals surface area contributed by atoms with Gasteiger partial charge in [0.05, 0.1) is 13.7 Å². The Hall–Kier alpha value is -2.89. The summed E-state index contributed by atoms with van der Waals surface area (Å²) in [6.07, 6.45) is 6.70.